The lowest BCUT2D eigenvalue weighted by Crippen LogP contribution is -2.40. The molecule has 1 saturated heterocycles. The van der Waals surface area contributed by atoms with Crippen molar-refractivity contribution in [1.82, 2.24) is 18.8 Å². The molecule has 0 aromatic carbocycles. The quantitative estimate of drug-likeness (QED) is 0.827. The normalized spacial score (nSPS) is 19.9. The SMILES string of the molecule is Cn1cc(C(F)(F)F)nc1C1CCCN(S(=O)(=O)c2ccccn2)C1. The smallest absolute Gasteiger partial charge is 0.337 e. The molecular formula is C15H17F3N4O2S. The fourth-order valence-corrected chi connectivity index (χ4v) is 4.45. The van der Waals surface area contributed by atoms with Gasteiger partial charge in [-0.05, 0) is 25.0 Å². The fourth-order valence-electron chi connectivity index (χ4n) is 3.00. The molecule has 136 valence electrons. The van der Waals surface area contributed by atoms with Crippen molar-refractivity contribution >= 4 is 10.0 Å². The molecule has 0 aliphatic carbocycles. The molecule has 1 aliphatic rings. The van der Waals surface area contributed by atoms with Gasteiger partial charge in [0.15, 0.2) is 10.7 Å². The summed E-state index contributed by atoms with van der Waals surface area (Å²) in [6.07, 6.45) is -1.07. The summed E-state index contributed by atoms with van der Waals surface area (Å²) in [5.41, 5.74) is -0.963. The van der Waals surface area contributed by atoms with Gasteiger partial charge in [-0.15, -0.1) is 0 Å². The van der Waals surface area contributed by atoms with E-state index in [1.165, 1.54) is 28.2 Å². The van der Waals surface area contributed by atoms with Crippen LogP contribution in [0.4, 0.5) is 13.2 Å². The Labute approximate surface area is 143 Å². The fraction of sp³-hybridized carbons (Fsp3) is 0.467. The first kappa shape index (κ1) is 17.9. The van der Waals surface area contributed by atoms with Gasteiger partial charge in [0.05, 0.1) is 0 Å². The average Bonchev–Trinajstić information content (AvgIpc) is 2.98. The molecule has 0 amide bonds. The Morgan fingerprint density at radius 2 is 2.04 bits per heavy atom. The minimum absolute atomic E-state index is 0.0635. The molecule has 10 heteroatoms. The van der Waals surface area contributed by atoms with Crippen molar-refractivity contribution in [3.05, 3.63) is 42.1 Å². The van der Waals surface area contributed by atoms with Crippen molar-refractivity contribution in [3.63, 3.8) is 0 Å². The van der Waals surface area contributed by atoms with Crippen molar-refractivity contribution in [1.29, 1.82) is 0 Å². The monoisotopic (exact) mass is 374 g/mol. The van der Waals surface area contributed by atoms with Crippen molar-refractivity contribution in [2.24, 2.45) is 7.05 Å². The summed E-state index contributed by atoms with van der Waals surface area (Å²) in [5.74, 6) is -0.151. The molecule has 25 heavy (non-hydrogen) atoms. The van der Waals surface area contributed by atoms with Crippen molar-refractivity contribution < 1.29 is 21.6 Å². The van der Waals surface area contributed by atoms with Crippen molar-refractivity contribution in [3.8, 4) is 0 Å². The molecule has 0 radical (unpaired) electrons. The zero-order valence-electron chi connectivity index (χ0n) is 13.4. The van der Waals surface area contributed by atoms with Crippen LogP contribution in [0, 0.1) is 0 Å². The predicted molar refractivity (Wildman–Crippen MR) is 83.2 cm³/mol. The molecule has 1 fully saturated rings. The van der Waals surface area contributed by atoms with Crippen LogP contribution in [0.5, 0.6) is 0 Å². The van der Waals surface area contributed by atoms with Gasteiger partial charge in [-0.2, -0.15) is 17.5 Å². The number of halogens is 3. The Hall–Kier alpha value is -1.94. The Morgan fingerprint density at radius 1 is 1.28 bits per heavy atom. The highest BCUT2D eigenvalue weighted by Crippen LogP contribution is 2.33. The van der Waals surface area contributed by atoms with Gasteiger partial charge in [-0.1, -0.05) is 6.07 Å². The number of aryl methyl sites for hydroxylation is 1. The third-order valence-electron chi connectivity index (χ3n) is 4.19. The van der Waals surface area contributed by atoms with E-state index in [4.69, 9.17) is 0 Å². The number of hydrogen-bond donors (Lipinski definition) is 0. The van der Waals surface area contributed by atoms with E-state index in [1.54, 1.807) is 12.1 Å². The van der Waals surface area contributed by atoms with Crippen molar-refractivity contribution in [2.45, 2.75) is 30.0 Å². The Kier molecular flexibility index (Phi) is 4.58. The molecular weight excluding hydrogens is 357 g/mol. The molecule has 3 heterocycles. The highest BCUT2D eigenvalue weighted by atomic mass is 32.2. The van der Waals surface area contributed by atoms with Gasteiger partial charge < -0.3 is 4.57 Å². The standard InChI is InChI=1S/C15H17F3N4O2S/c1-21-10-12(15(16,17)18)20-14(21)11-5-4-8-22(9-11)25(23,24)13-6-2-3-7-19-13/h2-3,6-7,10-11H,4-5,8-9H2,1H3. The van der Waals surface area contributed by atoms with Crippen LogP contribution >= 0.6 is 0 Å². The highest BCUT2D eigenvalue weighted by Gasteiger charge is 2.37. The van der Waals surface area contributed by atoms with Crippen LogP contribution in [0.1, 0.15) is 30.3 Å². The van der Waals surface area contributed by atoms with Gasteiger partial charge >= 0.3 is 6.18 Å². The maximum atomic E-state index is 12.8. The van der Waals surface area contributed by atoms with Crippen LogP contribution < -0.4 is 0 Å². The second kappa shape index (κ2) is 6.41. The minimum atomic E-state index is -4.52. The Morgan fingerprint density at radius 3 is 2.64 bits per heavy atom. The number of rotatable bonds is 3. The van der Waals surface area contributed by atoms with Crippen LogP contribution in [0.15, 0.2) is 35.6 Å². The lowest BCUT2D eigenvalue weighted by molar-refractivity contribution is -0.141. The molecule has 0 bridgehead atoms. The van der Waals surface area contributed by atoms with Crippen LogP contribution in [0.3, 0.4) is 0 Å². The lowest BCUT2D eigenvalue weighted by atomic mass is 9.99. The summed E-state index contributed by atoms with van der Waals surface area (Å²) in [4.78, 5) is 7.57. The predicted octanol–water partition coefficient (Wildman–Crippen LogP) is 2.40. The van der Waals surface area contributed by atoms with E-state index in [0.717, 1.165) is 6.20 Å². The molecule has 1 atom stereocenters. The summed E-state index contributed by atoms with van der Waals surface area (Å²) in [6.45, 7) is 0.396. The largest absolute Gasteiger partial charge is 0.434 e. The molecule has 0 spiro atoms. The number of nitrogens with zero attached hydrogens (tertiary/aromatic N) is 4. The third-order valence-corrected chi connectivity index (χ3v) is 5.98. The van der Waals surface area contributed by atoms with E-state index in [1.807, 2.05) is 0 Å². The zero-order chi connectivity index (χ0) is 18.2. The molecule has 2 aromatic heterocycles. The molecule has 1 unspecified atom stereocenters. The van der Waals surface area contributed by atoms with Crippen molar-refractivity contribution in [2.75, 3.05) is 13.1 Å². The maximum absolute atomic E-state index is 12.8. The Balaban J connectivity index is 1.86. The number of hydrogen-bond acceptors (Lipinski definition) is 4. The maximum Gasteiger partial charge on any atom is 0.434 e. The highest BCUT2D eigenvalue weighted by molar-refractivity contribution is 7.89. The molecule has 3 rings (SSSR count). The van der Waals surface area contributed by atoms with E-state index in [-0.39, 0.29) is 17.4 Å². The van der Waals surface area contributed by atoms with Crippen LogP contribution in [0.2, 0.25) is 0 Å². The van der Waals surface area contributed by atoms with Gasteiger partial charge in [-0.25, -0.2) is 18.4 Å². The first-order chi connectivity index (χ1) is 11.7. The summed E-state index contributed by atoms with van der Waals surface area (Å²) in [7, 11) is -2.28. The number of alkyl halides is 3. The average molecular weight is 374 g/mol. The van der Waals surface area contributed by atoms with E-state index < -0.39 is 27.8 Å². The van der Waals surface area contributed by atoms with Crippen LogP contribution in [-0.2, 0) is 23.2 Å². The van der Waals surface area contributed by atoms with Crippen LogP contribution in [0.25, 0.3) is 0 Å². The first-order valence-electron chi connectivity index (χ1n) is 7.71. The number of pyridine rings is 1. The van der Waals surface area contributed by atoms with E-state index in [9.17, 15) is 21.6 Å². The molecule has 1 aliphatic heterocycles. The molecule has 0 N–H and O–H groups in total. The molecule has 0 saturated carbocycles. The number of sulfonamides is 1. The number of imidazole rings is 1. The topological polar surface area (TPSA) is 68.1 Å². The Bertz CT molecular complexity index is 849. The van der Waals surface area contributed by atoms with Gasteiger partial charge in [0, 0.05) is 38.4 Å². The van der Waals surface area contributed by atoms with Crippen LogP contribution in [-0.4, -0.2) is 40.3 Å². The second-order valence-corrected chi connectivity index (χ2v) is 7.85. The first-order valence-corrected chi connectivity index (χ1v) is 9.15. The summed E-state index contributed by atoms with van der Waals surface area (Å²) in [5, 5.41) is -0.0635. The van der Waals surface area contributed by atoms with E-state index in [0.29, 0.717) is 19.4 Å². The van der Waals surface area contributed by atoms with Gasteiger partial charge in [0.1, 0.15) is 5.82 Å². The third kappa shape index (κ3) is 3.54. The molecule has 2 aromatic rings. The van der Waals surface area contributed by atoms with Gasteiger partial charge in [-0.3, -0.25) is 0 Å². The second-order valence-electron chi connectivity index (χ2n) is 5.96. The summed E-state index contributed by atoms with van der Waals surface area (Å²) < 4.78 is 66.5. The minimum Gasteiger partial charge on any atom is -0.337 e. The van der Waals surface area contributed by atoms with E-state index in [2.05, 4.69) is 9.97 Å². The van der Waals surface area contributed by atoms with Gasteiger partial charge in [0.25, 0.3) is 10.0 Å². The molecule has 6 nitrogen and oxygen atoms in total. The number of aromatic nitrogens is 3. The van der Waals surface area contributed by atoms with Gasteiger partial charge in [0.2, 0.25) is 0 Å². The number of piperidine rings is 1. The summed E-state index contributed by atoms with van der Waals surface area (Å²) >= 11 is 0. The zero-order valence-corrected chi connectivity index (χ0v) is 14.3. The lowest BCUT2D eigenvalue weighted by Gasteiger charge is -2.31. The van der Waals surface area contributed by atoms with E-state index >= 15 is 0 Å². The summed E-state index contributed by atoms with van der Waals surface area (Å²) in [6, 6.07) is 4.60.